The summed E-state index contributed by atoms with van der Waals surface area (Å²) in [5, 5.41) is 0. The number of hydrogen-bond acceptors (Lipinski definition) is 6. The van der Waals surface area contributed by atoms with Crippen LogP contribution in [0.4, 0.5) is 0 Å². The van der Waals surface area contributed by atoms with E-state index in [-0.39, 0.29) is 37.5 Å². The Morgan fingerprint density at radius 1 is 0.300 bits per heavy atom. The summed E-state index contributed by atoms with van der Waals surface area (Å²) in [5.74, 6) is -0.921. The van der Waals surface area contributed by atoms with Gasteiger partial charge < -0.3 is 14.2 Å². The molecule has 0 aliphatic heterocycles. The molecule has 0 radical (unpaired) electrons. The van der Waals surface area contributed by atoms with Gasteiger partial charge in [0.25, 0.3) is 0 Å². The van der Waals surface area contributed by atoms with Crippen LogP contribution in [0, 0.1) is 0 Å². The predicted octanol–water partition coefficient (Wildman–Crippen LogP) is 20.2. The van der Waals surface area contributed by atoms with Gasteiger partial charge in [0.1, 0.15) is 13.2 Å². The Kier molecular flexibility index (Phi) is 55.8. The second kappa shape index (κ2) is 58.4. The molecule has 0 fully saturated rings. The summed E-state index contributed by atoms with van der Waals surface area (Å²) in [6, 6.07) is 0. The van der Waals surface area contributed by atoms with Crippen LogP contribution in [0.25, 0.3) is 0 Å². The molecule has 1 unspecified atom stereocenters. The summed E-state index contributed by atoms with van der Waals surface area (Å²) >= 11 is 0. The lowest BCUT2D eigenvalue weighted by molar-refractivity contribution is -0.167. The smallest absolute Gasteiger partial charge is 0.306 e. The molecular formula is C64H112O6. The number of esters is 3. The Labute approximate surface area is 433 Å². The SMILES string of the molecule is CC/C=C\C/C=C\C/C=C\C/C=C\C/C=C\CCCCCC(=O)OC(COC(=O)CCCCCCC/C=C\CCCC)COC(=O)CCCCCCCCCCCCCCCCCCCCCCCC. The number of carbonyl (C=O) groups is 3. The van der Waals surface area contributed by atoms with E-state index in [1.807, 2.05) is 0 Å². The van der Waals surface area contributed by atoms with E-state index in [0.717, 1.165) is 103 Å². The van der Waals surface area contributed by atoms with Crippen molar-refractivity contribution in [3.63, 3.8) is 0 Å². The first-order chi connectivity index (χ1) is 34.5. The van der Waals surface area contributed by atoms with Gasteiger partial charge in [-0.05, 0) is 83.5 Å². The summed E-state index contributed by atoms with van der Waals surface area (Å²) in [5.41, 5.74) is 0. The second-order valence-corrected chi connectivity index (χ2v) is 19.9. The Morgan fingerprint density at radius 2 is 0.571 bits per heavy atom. The van der Waals surface area contributed by atoms with Crippen molar-refractivity contribution in [2.45, 2.75) is 303 Å². The summed E-state index contributed by atoms with van der Waals surface area (Å²) in [7, 11) is 0. The lowest BCUT2D eigenvalue weighted by Gasteiger charge is -2.18. The third-order valence-electron chi connectivity index (χ3n) is 12.9. The first kappa shape index (κ1) is 66.9. The molecule has 0 saturated carbocycles. The first-order valence-electron chi connectivity index (χ1n) is 29.9. The second-order valence-electron chi connectivity index (χ2n) is 19.9. The molecule has 0 aliphatic carbocycles. The minimum absolute atomic E-state index is 0.0892. The average molecular weight is 978 g/mol. The van der Waals surface area contributed by atoms with Gasteiger partial charge in [-0.1, -0.05) is 267 Å². The molecule has 0 rings (SSSR count). The number of hydrogen-bond donors (Lipinski definition) is 0. The highest BCUT2D eigenvalue weighted by molar-refractivity contribution is 5.71. The third-order valence-corrected chi connectivity index (χ3v) is 12.9. The van der Waals surface area contributed by atoms with E-state index in [9.17, 15) is 14.4 Å². The van der Waals surface area contributed by atoms with Crippen molar-refractivity contribution in [3.8, 4) is 0 Å². The zero-order chi connectivity index (χ0) is 50.7. The van der Waals surface area contributed by atoms with Crippen LogP contribution in [0.2, 0.25) is 0 Å². The molecule has 0 saturated heterocycles. The third kappa shape index (κ3) is 55.8. The van der Waals surface area contributed by atoms with Crippen LogP contribution in [0.3, 0.4) is 0 Å². The average Bonchev–Trinajstić information content (AvgIpc) is 3.36. The minimum atomic E-state index is -0.795. The van der Waals surface area contributed by atoms with Crippen molar-refractivity contribution >= 4 is 17.9 Å². The highest BCUT2D eigenvalue weighted by Gasteiger charge is 2.19. The number of carbonyl (C=O) groups excluding carboxylic acids is 3. The molecule has 0 aromatic heterocycles. The molecule has 0 amide bonds. The van der Waals surface area contributed by atoms with E-state index in [2.05, 4.69) is 93.7 Å². The summed E-state index contributed by atoms with van der Waals surface area (Å²) < 4.78 is 16.8. The fraction of sp³-hybridized carbons (Fsp3) is 0.766. The van der Waals surface area contributed by atoms with Crippen molar-refractivity contribution in [2.24, 2.45) is 0 Å². The van der Waals surface area contributed by atoms with Crippen molar-refractivity contribution in [1.82, 2.24) is 0 Å². The van der Waals surface area contributed by atoms with Gasteiger partial charge in [0.15, 0.2) is 6.10 Å². The topological polar surface area (TPSA) is 78.9 Å². The number of unbranched alkanes of at least 4 members (excludes halogenated alkanes) is 31. The number of allylic oxidation sites excluding steroid dienone is 12. The van der Waals surface area contributed by atoms with Crippen LogP contribution in [0.15, 0.2) is 72.9 Å². The van der Waals surface area contributed by atoms with Gasteiger partial charge in [-0.3, -0.25) is 14.4 Å². The molecule has 0 bridgehead atoms. The molecular weight excluding hydrogens is 865 g/mol. The largest absolute Gasteiger partial charge is 0.462 e. The zero-order valence-corrected chi connectivity index (χ0v) is 46.3. The van der Waals surface area contributed by atoms with E-state index in [0.29, 0.717) is 12.8 Å². The lowest BCUT2D eigenvalue weighted by Crippen LogP contribution is -2.30. The minimum Gasteiger partial charge on any atom is -0.462 e. The highest BCUT2D eigenvalue weighted by Crippen LogP contribution is 2.17. The van der Waals surface area contributed by atoms with Gasteiger partial charge in [0.05, 0.1) is 0 Å². The molecule has 0 heterocycles. The van der Waals surface area contributed by atoms with Crippen LogP contribution in [0.1, 0.15) is 297 Å². The van der Waals surface area contributed by atoms with Gasteiger partial charge in [0.2, 0.25) is 0 Å². The van der Waals surface area contributed by atoms with Gasteiger partial charge in [-0.2, -0.15) is 0 Å². The van der Waals surface area contributed by atoms with E-state index in [1.165, 1.54) is 154 Å². The zero-order valence-electron chi connectivity index (χ0n) is 46.3. The number of rotatable bonds is 54. The maximum absolute atomic E-state index is 12.8. The molecule has 0 spiro atoms. The van der Waals surface area contributed by atoms with Gasteiger partial charge in [0, 0.05) is 19.3 Å². The summed E-state index contributed by atoms with van der Waals surface area (Å²) in [4.78, 5) is 38.1. The fourth-order valence-corrected chi connectivity index (χ4v) is 8.45. The van der Waals surface area contributed by atoms with Crippen molar-refractivity contribution < 1.29 is 28.6 Å². The molecule has 0 N–H and O–H groups in total. The lowest BCUT2D eigenvalue weighted by atomic mass is 10.0. The maximum Gasteiger partial charge on any atom is 0.306 e. The molecule has 0 aliphatic rings. The number of ether oxygens (including phenoxy) is 3. The van der Waals surface area contributed by atoms with Crippen LogP contribution in [0.5, 0.6) is 0 Å². The Balaban J connectivity index is 4.33. The van der Waals surface area contributed by atoms with E-state index < -0.39 is 6.10 Å². The van der Waals surface area contributed by atoms with E-state index >= 15 is 0 Å². The molecule has 6 heteroatoms. The Hall–Kier alpha value is -3.15. The molecule has 1 atom stereocenters. The molecule has 70 heavy (non-hydrogen) atoms. The van der Waals surface area contributed by atoms with Gasteiger partial charge in [-0.15, -0.1) is 0 Å². The Morgan fingerprint density at radius 3 is 0.943 bits per heavy atom. The van der Waals surface area contributed by atoms with Gasteiger partial charge in [-0.25, -0.2) is 0 Å². The highest BCUT2D eigenvalue weighted by atomic mass is 16.6. The van der Waals surface area contributed by atoms with Crippen molar-refractivity contribution in [1.29, 1.82) is 0 Å². The van der Waals surface area contributed by atoms with E-state index in [4.69, 9.17) is 14.2 Å². The molecule has 0 aromatic carbocycles. The summed E-state index contributed by atoms with van der Waals surface area (Å²) in [6.45, 7) is 6.48. The van der Waals surface area contributed by atoms with E-state index in [1.54, 1.807) is 0 Å². The van der Waals surface area contributed by atoms with Crippen LogP contribution in [-0.4, -0.2) is 37.2 Å². The first-order valence-corrected chi connectivity index (χ1v) is 29.9. The van der Waals surface area contributed by atoms with Crippen molar-refractivity contribution in [3.05, 3.63) is 72.9 Å². The predicted molar refractivity (Wildman–Crippen MR) is 302 cm³/mol. The van der Waals surface area contributed by atoms with Gasteiger partial charge >= 0.3 is 17.9 Å². The van der Waals surface area contributed by atoms with Crippen LogP contribution < -0.4 is 0 Å². The molecule has 6 nitrogen and oxygen atoms in total. The van der Waals surface area contributed by atoms with Crippen LogP contribution >= 0.6 is 0 Å². The standard InChI is InChI=1S/C64H112O6/c1-4-7-10-13-16-19-22-24-26-28-30-31-32-34-35-37-39-42-45-48-51-54-57-63(66)69-60-61(59-68-62(65)56-53-50-47-44-41-21-18-15-12-9-6-3)70-64(67)58-55-52-49-46-43-40-38-36-33-29-27-25-23-20-17-14-11-8-5-2/h8,11,15,17-18,20,25,27,33,36,40,43,61H,4-7,9-10,12-14,16,19,21-24,26,28-32,34-35,37-39,41-42,44-60H2,1-3H3/b11-8-,18-15-,20-17-,27-25-,36-33-,43-40-. The maximum atomic E-state index is 12.8. The summed E-state index contributed by atoms with van der Waals surface area (Å²) in [6.07, 6.45) is 74.8. The fourth-order valence-electron chi connectivity index (χ4n) is 8.45. The molecule has 404 valence electrons. The molecule has 0 aromatic rings. The quantitative estimate of drug-likeness (QED) is 0.0261. The Bertz CT molecular complexity index is 1310. The van der Waals surface area contributed by atoms with Crippen LogP contribution in [-0.2, 0) is 28.6 Å². The normalized spacial score (nSPS) is 12.6. The monoisotopic (exact) mass is 977 g/mol. The van der Waals surface area contributed by atoms with Crippen molar-refractivity contribution in [2.75, 3.05) is 13.2 Å².